The van der Waals surface area contributed by atoms with E-state index in [1.807, 2.05) is 0 Å². The number of carbonyl (C=O) groups is 2. The summed E-state index contributed by atoms with van der Waals surface area (Å²) in [6.07, 6.45) is 0.355. The van der Waals surface area contributed by atoms with E-state index >= 15 is 0 Å². The number of rotatable bonds is 2. The third-order valence-corrected chi connectivity index (χ3v) is 2.59. The molecule has 0 unspecified atom stereocenters. The minimum absolute atomic E-state index is 0.0247. The Balaban J connectivity index is 2.20. The zero-order valence-corrected chi connectivity index (χ0v) is 9.93. The van der Waals surface area contributed by atoms with Crippen LogP contribution in [-0.4, -0.2) is 11.8 Å². The summed E-state index contributed by atoms with van der Waals surface area (Å²) in [7, 11) is 0. The van der Waals surface area contributed by atoms with E-state index in [4.69, 9.17) is 0 Å². The van der Waals surface area contributed by atoms with Gasteiger partial charge in [-0.1, -0.05) is 6.58 Å². The van der Waals surface area contributed by atoms with Gasteiger partial charge in [0.05, 0.1) is 10.9 Å². The van der Waals surface area contributed by atoms with Crippen molar-refractivity contribution in [2.75, 3.05) is 10.6 Å². The second-order valence-electron chi connectivity index (χ2n) is 3.46. The van der Waals surface area contributed by atoms with E-state index in [1.54, 1.807) is 18.2 Å². The van der Waals surface area contributed by atoms with E-state index in [9.17, 15) is 9.59 Å². The second-order valence-corrected chi connectivity index (χ2v) is 4.41. The molecule has 0 spiro atoms. The minimum Gasteiger partial charge on any atom is -0.326 e. The predicted octanol–water partition coefficient (Wildman–Crippen LogP) is 2.03. The lowest BCUT2D eigenvalue weighted by atomic mass is 10.1. The van der Waals surface area contributed by atoms with Gasteiger partial charge in [-0.05, 0) is 39.7 Å². The molecule has 1 aromatic rings. The Morgan fingerprint density at radius 2 is 2.25 bits per heavy atom. The molecule has 0 atom stereocenters. The van der Waals surface area contributed by atoms with Gasteiger partial charge in [0.15, 0.2) is 0 Å². The molecular formula is C11H9BrN2O2. The topological polar surface area (TPSA) is 58.2 Å². The first kappa shape index (κ1) is 10.9. The quantitative estimate of drug-likeness (QED) is 0.815. The summed E-state index contributed by atoms with van der Waals surface area (Å²) in [6.45, 7) is 3.47. The van der Waals surface area contributed by atoms with Gasteiger partial charge in [0.1, 0.15) is 0 Å². The minimum atomic E-state index is -0.294. The number of amides is 2. The average molecular weight is 281 g/mol. The van der Waals surface area contributed by atoms with Gasteiger partial charge in [-0.2, -0.15) is 0 Å². The standard InChI is InChI=1S/C11H9BrN2O2/c1-6(12)11(16)13-8-2-3-9-7(4-8)5-10(15)14-9/h2-4H,1,5H2,(H,13,16)(H,14,15). The zero-order valence-electron chi connectivity index (χ0n) is 8.34. The lowest BCUT2D eigenvalue weighted by Gasteiger charge is -2.05. The summed E-state index contributed by atoms with van der Waals surface area (Å²) in [4.78, 5) is 22.5. The smallest absolute Gasteiger partial charge is 0.262 e. The molecule has 0 bridgehead atoms. The first-order chi connectivity index (χ1) is 7.56. The maximum atomic E-state index is 11.3. The molecule has 1 aliphatic rings. The van der Waals surface area contributed by atoms with Crippen molar-refractivity contribution in [3.63, 3.8) is 0 Å². The van der Waals surface area contributed by atoms with Gasteiger partial charge in [0, 0.05) is 11.4 Å². The summed E-state index contributed by atoms with van der Waals surface area (Å²) in [6, 6.07) is 5.28. The van der Waals surface area contributed by atoms with Crippen molar-refractivity contribution in [2.45, 2.75) is 6.42 Å². The third kappa shape index (κ3) is 2.14. The summed E-state index contributed by atoms with van der Waals surface area (Å²) in [5.41, 5.74) is 2.35. The van der Waals surface area contributed by atoms with Crippen LogP contribution in [0.4, 0.5) is 11.4 Å². The molecule has 2 amide bonds. The first-order valence-electron chi connectivity index (χ1n) is 4.65. The van der Waals surface area contributed by atoms with Gasteiger partial charge in [-0.15, -0.1) is 0 Å². The molecule has 0 aliphatic carbocycles. The fraction of sp³-hybridized carbons (Fsp3) is 0.0909. The molecule has 4 nitrogen and oxygen atoms in total. The van der Waals surface area contributed by atoms with Gasteiger partial charge in [-0.3, -0.25) is 9.59 Å². The second kappa shape index (κ2) is 4.09. The lowest BCUT2D eigenvalue weighted by molar-refractivity contribution is -0.115. The number of hydrogen-bond donors (Lipinski definition) is 2. The van der Waals surface area contributed by atoms with Crippen LogP contribution in [0.2, 0.25) is 0 Å². The number of fused-ring (bicyclic) bond motifs is 1. The molecule has 1 aliphatic heterocycles. The van der Waals surface area contributed by atoms with E-state index in [-0.39, 0.29) is 16.3 Å². The van der Waals surface area contributed by atoms with Gasteiger partial charge in [0.2, 0.25) is 5.91 Å². The Morgan fingerprint density at radius 1 is 1.50 bits per heavy atom. The number of benzene rings is 1. The molecule has 0 saturated heterocycles. The number of anilines is 2. The number of hydrogen-bond acceptors (Lipinski definition) is 2. The molecular weight excluding hydrogens is 272 g/mol. The van der Waals surface area contributed by atoms with E-state index in [1.165, 1.54) is 0 Å². The van der Waals surface area contributed by atoms with Gasteiger partial charge in [0.25, 0.3) is 5.91 Å². The van der Waals surface area contributed by atoms with Crippen LogP contribution in [0, 0.1) is 0 Å². The Kier molecular flexibility index (Phi) is 2.78. The summed E-state index contributed by atoms with van der Waals surface area (Å²) < 4.78 is 0.266. The highest BCUT2D eigenvalue weighted by atomic mass is 79.9. The molecule has 5 heteroatoms. The molecule has 2 N–H and O–H groups in total. The van der Waals surface area contributed by atoms with Crippen molar-refractivity contribution in [1.29, 1.82) is 0 Å². The fourth-order valence-corrected chi connectivity index (χ4v) is 1.61. The largest absolute Gasteiger partial charge is 0.326 e. The van der Waals surface area contributed by atoms with Crippen LogP contribution in [-0.2, 0) is 16.0 Å². The van der Waals surface area contributed by atoms with E-state index in [0.29, 0.717) is 12.1 Å². The Morgan fingerprint density at radius 3 is 2.94 bits per heavy atom. The molecule has 0 fully saturated rings. The van der Waals surface area contributed by atoms with Crippen molar-refractivity contribution in [3.8, 4) is 0 Å². The molecule has 2 rings (SSSR count). The molecule has 16 heavy (non-hydrogen) atoms. The molecule has 82 valence electrons. The van der Waals surface area contributed by atoms with Crippen molar-refractivity contribution in [1.82, 2.24) is 0 Å². The summed E-state index contributed by atoms with van der Waals surface area (Å²) in [5, 5.41) is 5.38. The van der Waals surface area contributed by atoms with Crippen LogP contribution >= 0.6 is 15.9 Å². The van der Waals surface area contributed by atoms with Crippen LogP contribution < -0.4 is 10.6 Å². The van der Waals surface area contributed by atoms with Crippen molar-refractivity contribution in [3.05, 3.63) is 34.8 Å². The SMILES string of the molecule is C=C(Br)C(=O)Nc1ccc2c(c1)CC(=O)N2. The number of carbonyl (C=O) groups excluding carboxylic acids is 2. The normalized spacial score (nSPS) is 12.9. The predicted molar refractivity (Wildman–Crippen MR) is 65.5 cm³/mol. The van der Waals surface area contributed by atoms with Crippen LogP contribution in [0.15, 0.2) is 29.3 Å². The highest BCUT2D eigenvalue weighted by molar-refractivity contribution is 9.12. The van der Waals surface area contributed by atoms with Crippen LogP contribution in [0.5, 0.6) is 0 Å². The number of nitrogens with one attached hydrogen (secondary N) is 2. The van der Waals surface area contributed by atoms with E-state index in [0.717, 1.165) is 11.3 Å². The van der Waals surface area contributed by atoms with Gasteiger partial charge >= 0.3 is 0 Å². The Bertz CT molecular complexity index is 497. The van der Waals surface area contributed by atoms with Crippen molar-refractivity contribution in [2.24, 2.45) is 0 Å². The molecule has 1 heterocycles. The zero-order chi connectivity index (χ0) is 11.7. The van der Waals surface area contributed by atoms with Crippen LogP contribution in [0.25, 0.3) is 0 Å². The lowest BCUT2D eigenvalue weighted by Crippen LogP contribution is -2.10. The highest BCUT2D eigenvalue weighted by Gasteiger charge is 2.17. The average Bonchev–Trinajstić information content (AvgIpc) is 2.57. The van der Waals surface area contributed by atoms with Crippen LogP contribution in [0.1, 0.15) is 5.56 Å². The van der Waals surface area contributed by atoms with Crippen molar-refractivity contribution < 1.29 is 9.59 Å². The Labute approximate surface area is 101 Å². The molecule has 0 aromatic heterocycles. The van der Waals surface area contributed by atoms with Crippen molar-refractivity contribution >= 4 is 39.1 Å². The van der Waals surface area contributed by atoms with Crippen LogP contribution in [0.3, 0.4) is 0 Å². The van der Waals surface area contributed by atoms with E-state index in [2.05, 4.69) is 33.1 Å². The summed E-state index contributed by atoms with van der Waals surface area (Å²) >= 11 is 3.00. The number of halogens is 1. The maximum absolute atomic E-state index is 11.3. The fourth-order valence-electron chi connectivity index (χ4n) is 1.51. The first-order valence-corrected chi connectivity index (χ1v) is 5.44. The highest BCUT2D eigenvalue weighted by Crippen LogP contribution is 2.26. The molecule has 0 radical (unpaired) electrons. The monoisotopic (exact) mass is 280 g/mol. The van der Waals surface area contributed by atoms with Gasteiger partial charge in [-0.25, -0.2) is 0 Å². The third-order valence-electron chi connectivity index (χ3n) is 2.23. The molecule has 0 saturated carbocycles. The molecule has 1 aromatic carbocycles. The Hall–Kier alpha value is -1.62. The summed E-state index contributed by atoms with van der Waals surface area (Å²) in [5.74, 6) is -0.319. The van der Waals surface area contributed by atoms with E-state index < -0.39 is 0 Å². The van der Waals surface area contributed by atoms with Gasteiger partial charge < -0.3 is 10.6 Å². The maximum Gasteiger partial charge on any atom is 0.262 e.